The fraction of sp³-hybridized carbons (Fsp3) is 0.408. The molecular weight excluding hydrogens is 870 g/mol. The minimum Gasteiger partial charge on any atom is -0.494 e. The van der Waals surface area contributed by atoms with E-state index < -0.39 is 35.1 Å². The van der Waals surface area contributed by atoms with Gasteiger partial charge in [-0.25, -0.2) is 13.6 Å². The number of aryl methyl sites for hydroxylation is 1. The molecule has 4 aliphatic rings. The Morgan fingerprint density at radius 1 is 0.955 bits per heavy atom. The number of nitrogens with one attached hydrogen (secondary N) is 4. The molecule has 0 bridgehead atoms. The number of anilines is 2. The van der Waals surface area contributed by atoms with Gasteiger partial charge in [-0.15, -0.1) is 0 Å². The Labute approximate surface area is 385 Å². The van der Waals surface area contributed by atoms with Gasteiger partial charge < -0.3 is 31.2 Å². The number of aromatic nitrogens is 2. The third-order valence-electron chi connectivity index (χ3n) is 14.1. The maximum Gasteiger partial charge on any atom is 0.329 e. The molecule has 2 aliphatic carbocycles. The molecule has 2 saturated carbocycles. The maximum absolute atomic E-state index is 16.2. The fourth-order valence-electron chi connectivity index (χ4n) is 10.6. The molecule has 9 rings (SSSR count). The number of carbonyl (C=O) groups excluding carboxylic acids is 4. The van der Waals surface area contributed by atoms with Gasteiger partial charge in [-0.3, -0.25) is 29.3 Å². The Bertz CT molecular complexity index is 2720. The van der Waals surface area contributed by atoms with Crippen LogP contribution in [-0.2, 0) is 22.2 Å². The fourth-order valence-corrected chi connectivity index (χ4v) is 10.8. The third kappa shape index (κ3) is 8.18. The number of hydrogen-bond donors (Lipinski definition) is 5. The number of fused-ring (bicyclic) bond motifs is 2. The summed E-state index contributed by atoms with van der Waals surface area (Å²) in [6, 6.07) is 19.1. The predicted molar refractivity (Wildman–Crippen MR) is 247 cm³/mol. The average molecular weight is 923 g/mol. The van der Waals surface area contributed by atoms with Crippen molar-refractivity contribution in [2.24, 2.45) is 18.7 Å². The van der Waals surface area contributed by atoms with Crippen molar-refractivity contribution in [1.82, 2.24) is 25.7 Å². The van der Waals surface area contributed by atoms with Crippen LogP contribution in [0.3, 0.4) is 0 Å². The zero-order valence-corrected chi connectivity index (χ0v) is 37.8. The SMILES string of the molecule is COc1ccc(C(N)=O)c(-c2c(Cl)c(F)cc3c2[C@H](C)[C@@](CNC2CCC(C(=O)NC4CCC(Nc5cccc6c(N7CCC(=O)NC7=O)nn(C)c56)CC4)CC2)(c2ccccc2)O3)c1F. The summed E-state index contributed by atoms with van der Waals surface area (Å²) < 4.78 is 45.7. The number of amides is 5. The second-order valence-electron chi connectivity index (χ2n) is 17.9. The number of benzene rings is 4. The van der Waals surface area contributed by atoms with Crippen LogP contribution in [0.5, 0.6) is 11.5 Å². The molecule has 1 aromatic heterocycles. The van der Waals surface area contributed by atoms with Crippen molar-refractivity contribution < 1.29 is 37.4 Å². The maximum atomic E-state index is 16.2. The molecular formula is C49H53ClF2N8O6. The molecule has 0 spiro atoms. The number of methoxy groups -OCH3 is 1. The third-order valence-corrected chi connectivity index (χ3v) is 14.5. The quantitative estimate of drug-likeness (QED) is 0.0834. The van der Waals surface area contributed by atoms with Gasteiger partial charge in [0.05, 0.1) is 28.9 Å². The van der Waals surface area contributed by atoms with Crippen LogP contribution in [-0.4, -0.2) is 71.9 Å². The molecule has 2 atom stereocenters. The molecule has 3 fully saturated rings. The van der Waals surface area contributed by atoms with E-state index in [0.29, 0.717) is 30.8 Å². The van der Waals surface area contributed by atoms with Gasteiger partial charge in [0.25, 0.3) is 0 Å². The lowest BCUT2D eigenvalue weighted by atomic mass is 9.77. The number of nitrogens with zero attached hydrogens (tertiary/aromatic N) is 3. The Morgan fingerprint density at radius 3 is 2.36 bits per heavy atom. The molecule has 66 heavy (non-hydrogen) atoms. The van der Waals surface area contributed by atoms with Gasteiger partial charge >= 0.3 is 6.03 Å². The second kappa shape index (κ2) is 18.2. The summed E-state index contributed by atoms with van der Waals surface area (Å²) in [5.41, 5.74) is 7.26. The highest BCUT2D eigenvalue weighted by molar-refractivity contribution is 6.34. The Kier molecular flexibility index (Phi) is 12.4. The second-order valence-corrected chi connectivity index (χ2v) is 18.3. The summed E-state index contributed by atoms with van der Waals surface area (Å²) in [4.78, 5) is 52.2. The van der Waals surface area contributed by atoms with Gasteiger partial charge in [0.2, 0.25) is 17.7 Å². The smallest absolute Gasteiger partial charge is 0.329 e. The van der Waals surface area contributed by atoms with E-state index in [-0.39, 0.29) is 82.0 Å². The first-order valence-electron chi connectivity index (χ1n) is 22.6. The molecule has 2 aliphatic heterocycles. The number of para-hydroxylation sites is 1. The van der Waals surface area contributed by atoms with Crippen molar-refractivity contribution in [3.8, 4) is 22.6 Å². The Balaban J connectivity index is 0.828. The van der Waals surface area contributed by atoms with Gasteiger partial charge in [-0.1, -0.05) is 54.9 Å². The monoisotopic (exact) mass is 922 g/mol. The summed E-state index contributed by atoms with van der Waals surface area (Å²) in [6.07, 6.45) is 6.55. The van der Waals surface area contributed by atoms with Crippen LogP contribution >= 0.6 is 11.6 Å². The van der Waals surface area contributed by atoms with Crippen LogP contribution in [0.15, 0.2) is 66.7 Å². The Hall–Kier alpha value is -6.26. The number of imide groups is 1. The normalized spacial score (nSPS) is 24.1. The van der Waals surface area contributed by atoms with Gasteiger partial charge in [0.1, 0.15) is 11.6 Å². The number of urea groups is 1. The number of rotatable bonds is 12. The van der Waals surface area contributed by atoms with Crippen molar-refractivity contribution in [1.29, 1.82) is 0 Å². The van der Waals surface area contributed by atoms with E-state index in [1.165, 1.54) is 30.2 Å². The summed E-state index contributed by atoms with van der Waals surface area (Å²) >= 11 is 6.68. The van der Waals surface area contributed by atoms with Crippen LogP contribution in [0.4, 0.5) is 25.1 Å². The molecule has 0 unspecified atom stereocenters. The van der Waals surface area contributed by atoms with E-state index in [1.807, 2.05) is 62.5 Å². The minimum atomic E-state index is -1.08. The first kappa shape index (κ1) is 44.9. The van der Waals surface area contributed by atoms with E-state index in [4.69, 9.17) is 26.8 Å². The van der Waals surface area contributed by atoms with Crippen molar-refractivity contribution in [3.63, 3.8) is 0 Å². The van der Waals surface area contributed by atoms with Gasteiger partial charge in [-0.2, -0.15) is 5.10 Å². The molecule has 346 valence electrons. The van der Waals surface area contributed by atoms with Crippen LogP contribution in [0.1, 0.15) is 92.1 Å². The van der Waals surface area contributed by atoms with Gasteiger partial charge in [-0.05, 0) is 81.2 Å². The van der Waals surface area contributed by atoms with Crippen molar-refractivity contribution >= 4 is 57.8 Å². The molecule has 5 amide bonds. The van der Waals surface area contributed by atoms with E-state index in [9.17, 15) is 19.2 Å². The number of carbonyl (C=O) groups is 4. The first-order valence-corrected chi connectivity index (χ1v) is 23.0. The van der Waals surface area contributed by atoms with Crippen LogP contribution in [0.25, 0.3) is 22.0 Å². The highest BCUT2D eigenvalue weighted by atomic mass is 35.5. The molecule has 5 aromatic rings. The van der Waals surface area contributed by atoms with E-state index in [1.54, 1.807) is 4.68 Å². The molecule has 3 heterocycles. The summed E-state index contributed by atoms with van der Waals surface area (Å²) in [5.74, 6) is -2.96. The summed E-state index contributed by atoms with van der Waals surface area (Å²) in [5, 5.41) is 18.3. The molecule has 1 saturated heterocycles. The van der Waals surface area contributed by atoms with Crippen LogP contribution < -0.4 is 41.4 Å². The molecule has 4 aromatic carbocycles. The predicted octanol–water partition coefficient (Wildman–Crippen LogP) is 7.81. The largest absolute Gasteiger partial charge is 0.494 e. The van der Waals surface area contributed by atoms with Crippen molar-refractivity contribution in [2.45, 2.75) is 94.4 Å². The van der Waals surface area contributed by atoms with Crippen molar-refractivity contribution in [3.05, 3.63) is 100 Å². The first-order chi connectivity index (χ1) is 31.8. The lowest BCUT2D eigenvalue weighted by Gasteiger charge is -2.37. The average Bonchev–Trinajstić information content (AvgIpc) is 3.80. The molecule has 6 N–H and O–H groups in total. The van der Waals surface area contributed by atoms with E-state index in [2.05, 4.69) is 26.4 Å². The number of hydrogen-bond acceptors (Lipinski definition) is 9. The Morgan fingerprint density at radius 2 is 1.67 bits per heavy atom. The lowest BCUT2D eigenvalue weighted by molar-refractivity contribution is -0.127. The molecule has 0 radical (unpaired) electrons. The highest BCUT2D eigenvalue weighted by Gasteiger charge is 2.50. The lowest BCUT2D eigenvalue weighted by Crippen LogP contribution is -2.49. The van der Waals surface area contributed by atoms with Crippen LogP contribution in [0, 0.1) is 17.6 Å². The van der Waals surface area contributed by atoms with Crippen molar-refractivity contribution in [2.75, 3.05) is 30.4 Å². The topological polar surface area (TPSA) is 182 Å². The summed E-state index contributed by atoms with van der Waals surface area (Å²) in [6.45, 7) is 2.50. The van der Waals surface area contributed by atoms with E-state index in [0.717, 1.165) is 60.7 Å². The molecule has 17 heteroatoms. The molecule has 14 nitrogen and oxygen atoms in total. The highest BCUT2D eigenvalue weighted by Crippen LogP contribution is 2.56. The zero-order valence-electron chi connectivity index (χ0n) is 37.0. The van der Waals surface area contributed by atoms with Gasteiger partial charge in [0, 0.05) is 84.7 Å². The summed E-state index contributed by atoms with van der Waals surface area (Å²) in [7, 11) is 3.14. The number of nitrogens with two attached hydrogens (primary N) is 1. The minimum absolute atomic E-state index is 0.0126. The van der Waals surface area contributed by atoms with Crippen LogP contribution in [0.2, 0.25) is 5.02 Å². The van der Waals surface area contributed by atoms with Gasteiger partial charge in [0.15, 0.2) is 23.0 Å². The number of ether oxygens (including phenoxy) is 2. The number of primary amides is 1. The van der Waals surface area contributed by atoms with E-state index >= 15 is 8.78 Å². The zero-order chi connectivity index (χ0) is 46.4. The standard InChI is InChI=1S/C49H53ClF2N8O6/c1-26-39-37(24-34(51)42(50)41(39)40-32(45(53)62)20-21-36(65-3)43(40)52)66-49(26,28-8-5-4-6-9-28)25-54-29-14-12-27(13-15-29)47(63)56-31-18-16-30(17-19-31)55-35-11-7-10-33-44(35)59(2)58-46(33)60-23-22-38(61)57-48(60)64/h4-11,20-21,24,26-27,29-31,54-55H,12-19,22-23,25H2,1-3H3,(H2,53,62)(H,56,63)(H,57,61,64)/t26-,27?,29?,30?,31?,49-/m0/s1. The number of halogens is 3.